The summed E-state index contributed by atoms with van der Waals surface area (Å²) in [5, 5.41) is 11.2. The molecule has 7 nitrogen and oxygen atoms in total. The molecule has 0 aliphatic carbocycles. The number of nitrogens with one attached hydrogen (secondary N) is 1. The second-order valence-corrected chi connectivity index (χ2v) is 3.78. The molecule has 7 heteroatoms. The fraction of sp³-hybridized carbons (Fsp3) is 0.455. The third-order valence-electron chi connectivity index (χ3n) is 2.31. The van der Waals surface area contributed by atoms with Crippen LogP contribution in [0.2, 0.25) is 0 Å². The molecule has 0 spiro atoms. The molecule has 0 bridgehead atoms. The number of hydrogen-bond donors (Lipinski definition) is 2. The van der Waals surface area contributed by atoms with Crippen LogP contribution in [-0.4, -0.2) is 32.6 Å². The Bertz CT molecular complexity index is 483. The van der Waals surface area contributed by atoms with Crippen LogP contribution in [0.5, 0.6) is 0 Å². The molecule has 0 radical (unpaired) electrons. The van der Waals surface area contributed by atoms with Crippen LogP contribution in [0.4, 0.5) is 0 Å². The van der Waals surface area contributed by atoms with Crippen molar-refractivity contribution in [3.05, 3.63) is 28.9 Å². The van der Waals surface area contributed by atoms with Crippen LogP contribution in [0.3, 0.4) is 0 Å². The van der Waals surface area contributed by atoms with Gasteiger partial charge in [0.05, 0.1) is 0 Å². The number of rotatable bonds is 6. The number of carboxylic acid groups (broad SMARTS) is 1. The molecule has 1 heterocycles. The second kappa shape index (κ2) is 6.53. The predicted molar refractivity (Wildman–Crippen MR) is 63.0 cm³/mol. The Morgan fingerprint density at radius 2 is 2.28 bits per heavy atom. The summed E-state index contributed by atoms with van der Waals surface area (Å²) in [4.78, 5) is 37.2. The number of aliphatic carboxylic acids is 1. The highest BCUT2D eigenvalue weighted by molar-refractivity contribution is 5.83. The van der Waals surface area contributed by atoms with E-state index in [0.29, 0.717) is 12.8 Å². The van der Waals surface area contributed by atoms with E-state index in [1.165, 1.54) is 18.5 Å². The van der Waals surface area contributed by atoms with Crippen molar-refractivity contribution >= 4 is 11.9 Å². The summed E-state index contributed by atoms with van der Waals surface area (Å²) in [6.07, 6.45) is 3.74. The fourth-order valence-electron chi connectivity index (χ4n) is 1.45. The zero-order valence-electron chi connectivity index (χ0n) is 10.00. The largest absolute Gasteiger partial charge is 0.480 e. The number of aromatic nitrogens is 2. The normalized spacial score (nSPS) is 11.8. The van der Waals surface area contributed by atoms with E-state index in [-0.39, 0.29) is 6.54 Å². The molecular formula is C11H15N3O4. The summed E-state index contributed by atoms with van der Waals surface area (Å²) in [6, 6.07) is 0.602. The third-order valence-corrected chi connectivity index (χ3v) is 2.31. The van der Waals surface area contributed by atoms with E-state index < -0.39 is 23.6 Å². The van der Waals surface area contributed by atoms with Crippen molar-refractivity contribution in [3.8, 4) is 0 Å². The minimum atomic E-state index is -1.08. The molecule has 1 atom stereocenters. The van der Waals surface area contributed by atoms with Gasteiger partial charge in [-0.2, -0.15) is 0 Å². The summed E-state index contributed by atoms with van der Waals surface area (Å²) in [5.74, 6) is -1.60. The molecule has 0 aliphatic heterocycles. The minimum absolute atomic E-state index is 0.236. The maximum absolute atomic E-state index is 11.6. The number of hydrogen-bond acceptors (Lipinski definition) is 4. The van der Waals surface area contributed by atoms with Gasteiger partial charge in [-0.15, -0.1) is 0 Å². The Hall–Kier alpha value is -2.18. The summed E-state index contributed by atoms with van der Waals surface area (Å²) < 4.78 is 1.11. The number of amides is 1. The molecular weight excluding hydrogens is 238 g/mol. The maximum Gasteiger partial charge on any atom is 0.347 e. The quantitative estimate of drug-likeness (QED) is 0.719. The summed E-state index contributed by atoms with van der Waals surface area (Å²) in [7, 11) is 0. The lowest BCUT2D eigenvalue weighted by Crippen LogP contribution is -2.43. The highest BCUT2D eigenvalue weighted by atomic mass is 16.4. The van der Waals surface area contributed by atoms with Gasteiger partial charge in [0.2, 0.25) is 5.91 Å². The van der Waals surface area contributed by atoms with Gasteiger partial charge in [0, 0.05) is 12.4 Å². The van der Waals surface area contributed by atoms with Crippen LogP contribution in [-0.2, 0) is 16.1 Å². The highest BCUT2D eigenvalue weighted by Crippen LogP contribution is 1.97. The average Bonchev–Trinajstić information content (AvgIpc) is 2.31. The molecule has 1 unspecified atom stereocenters. The molecule has 1 aromatic rings. The van der Waals surface area contributed by atoms with Gasteiger partial charge in [-0.05, 0) is 12.5 Å². The van der Waals surface area contributed by atoms with Crippen molar-refractivity contribution in [1.29, 1.82) is 0 Å². The number of carboxylic acids is 1. The van der Waals surface area contributed by atoms with Gasteiger partial charge >= 0.3 is 11.7 Å². The van der Waals surface area contributed by atoms with Crippen LogP contribution in [0.1, 0.15) is 19.8 Å². The lowest BCUT2D eigenvalue weighted by Gasteiger charge is -2.13. The van der Waals surface area contributed by atoms with Crippen molar-refractivity contribution in [2.24, 2.45) is 0 Å². The number of carbonyl (C=O) groups excluding carboxylic acids is 1. The average molecular weight is 253 g/mol. The summed E-state index contributed by atoms with van der Waals surface area (Å²) >= 11 is 0. The van der Waals surface area contributed by atoms with Crippen LogP contribution in [0.25, 0.3) is 0 Å². The number of carbonyl (C=O) groups is 2. The Kier molecular flexibility index (Phi) is 5.04. The van der Waals surface area contributed by atoms with E-state index >= 15 is 0 Å². The van der Waals surface area contributed by atoms with Gasteiger partial charge in [-0.3, -0.25) is 9.36 Å². The Morgan fingerprint density at radius 1 is 1.56 bits per heavy atom. The van der Waals surface area contributed by atoms with E-state index in [9.17, 15) is 14.4 Å². The molecule has 0 saturated carbocycles. The Morgan fingerprint density at radius 3 is 2.83 bits per heavy atom. The fourth-order valence-corrected chi connectivity index (χ4v) is 1.45. The molecule has 1 rings (SSSR count). The summed E-state index contributed by atoms with van der Waals surface area (Å²) in [5.41, 5.74) is -0.546. The second-order valence-electron chi connectivity index (χ2n) is 3.78. The van der Waals surface area contributed by atoms with E-state index in [2.05, 4.69) is 10.3 Å². The first-order valence-electron chi connectivity index (χ1n) is 5.58. The first kappa shape index (κ1) is 13.9. The number of nitrogens with zero attached hydrogens (tertiary/aromatic N) is 2. The zero-order valence-corrected chi connectivity index (χ0v) is 10.00. The smallest absolute Gasteiger partial charge is 0.347 e. The van der Waals surface area contributed by atoms with Gasteiger partial charge < -0.3 is 10.4 Å². The molecule has 98 valence electrons. The van der Waals surface area contributed by atoms with Gasteiger partial charge in [-0.1, -0.05) is 13.3 Å². The highest BCUT2D eigenvalue weighted by Gasteiger charge is 2.18. The molecule has 1 amide bonds. The first-order valence-corrected chi connectivity index (χ1v) is 5.58. The third kappa shape index (κ3) is 4.00. The molecule has 2 N–H and O–H groups in total. The lowest BCUT2D eigenvalue weighted by molar-refractivity contribution is -0.142. The van der Waals surface area contributed by atoms with Crippen molar-refractivity contribution in [1.82, 2.24) is 14.9 Å². The topological polar surface area (TPSA) is 101 Å². The first-order chi connectivity index (χ1) is 8.54. The standard InChI is InChI=1S/C11H15N3O4/c1-2-4-8(10(16)17)13-9(15)7-14-6-3-5-12-11(14)18/h3,5-6,8H,2,4,7H2,1H3,(H,13,15)(H,16,17). The van der Waals surface area contributed by atoms with E-state index in [1.54, 1.807) is 0 Å². The molecule has 1 aromatic heterocycles. The van der Waals surface area contributed by atoms with Crippen LogP contribution in [0, 0.1) is 0 Å². The minimum Gasteiger partial charge on any atom is -0.480 e. The molecule has 18 heavy (non-hydrogen) atoms. The monoisotopic (exact) mass is 253 g/mol. The van der Waals surface area contributed by atoms with E-state index in [1.807, 2.05) is 6.92 Å². The van der Waals surface area contributed by atoms with Crippen molar-refractivity contribution in [3.63, 3.8) is 0 Å². The van der Waals surface area contributed by atoms with Gasteiger partial charge in [-0.25, -0.2) is 14.6 Å². The molecule has 0 fully saturated rings. The zero-order chi connectivity index (χ0) is 13.5. The van der Waals surface area contributed by atoms with E-state index in [4.69, 9.17) is 5.11 Å². The van der Waals surface area contributed by atoms with Crippen LogP contribution >= 0.6 is 0 Å². The van der Waals surface area contributed by atoms with Crippen molar-refractivity contribution in [2.75, 3.05) is 0 Å². The Labute approximate surface area is 103 Å². The SMILES string of the molecule is CCCC(NC(=O)Cn1cccnc1=O)C(=O)O. The molecule has 0 aromatic carbocycles. The van der Waals surface area contributed by atoms with Crippen LogP contribution in [0.15, 0.2) is 23.3 Å². The van der Waals surface area contributed by atoms with Gasteiger partial charge in [0.25, 0.3) is 0 Å². The molecule has 0 aliphatic rings. The van der Waals surface area contributed by atoms with Crippen molar-refractivity contribution in [2.45, 2.75) is 32.4 Å². The van der Waals surface area contributed by atoms with Gasteiger partial charge in [0.1, 0.15) is 12.6 Å². The van der Waals surface area contributed by atoms with E-state index in [0.717, 1.165) is 4.57 Å². The van der Waals surface area contributed by atoms with Gasteiger partial charge in [0.15, 0.2) is 0 Å². The Balaban J connectivity index is 2.63. The van der Waals surface area contributed by atoms with Crippen LogP contribution < -0.4 is 11.0 Å². The predicted octanol–water partition coefficient (Wildman–Crippen LogP) is -0.387. The maximum atomic E-state index is 11.6. The lowest BCUT2D eigenvalue weighted by atomic mass is 10.1. The molecule has 0 saturated heterocycles. The summed E-state index contributed by atoms with van der Waals surface area (Å²) in [6.45, 7) is 1.59. The van der Waals surface area contributed by atoms with Crippen molar-refractivity contribution < 1.29 is 14.7 Å².